The molecule has 1 aromatic carbocycles. The first-order valence-electron chi connectivity index (χ1n) is 6.44. The Labute approximate surface area is 113 Å². The van der Waals surface area contributed by atoms with E-state index in [-0.39, 0.29) is 17.8 Å². The predicted molar refractivity (Wildman–Crippen MR) is 77.4 cm³/mol. The van der Waals surface area contributed by atoms with Gasteiger partial charge in [-0.1, -0.05) is 19.9 Å². The van der Waals surface area contributed by atoms with Crippen LogP contribution in [0.2, 0.25) is 0 Å². The fourth-order valence-corrected chi connectivity index (χ4v) is 2.01. The fourth-order valence-electron chi connectivity index (χ4n) is 2.01. The number of anilines is 1. The topological polar surface area (TPSA) is 65.4 Å². The van der Waals surface area contributed by atoms with E-state index in [1.165, 1.54) is 0 Å². The van der Waals surface area contributed by atoms with Crippen molar-refractivity contribution in [3.63, 3.8) is 0 Å². The monoisotopic (exact) mass is 260 g/mol. The van der Waals surface area contributed by atoms with Crippen LogP contribution in [0.3, 0.4) is 0 Å². The number of hydrogen-bond donors (Lipinski definition) is 3. The first-order valence-corrected chi connectivity index (χ1v) is 6.44. The number of nitrogens with zero attached hydrogens (tertiary/aromatic N) is 1. The number of benzene rings is 1. The van der Waals surface area contributed by atoms with Gasteiger partial charge in [0, 0.05) is 24.7 Å². The third kappa shape index (κ3) is 3.35. The Hall–Kier alpha value is -1.81. The maximum absolute atomic E-state index is 9.58. The van der Waals surface area contributed by atoms with Crippen molar-refractivity contribution in [2.75, 3.05) is 18.5 Å². The SMILES string of the molecule is CC(C)(CCO)CNc1nccc2ccc(O)cc12. The highest BCUT2D eigenvalue weighted by Gasteiger charge is 2.17. The van der Waals surface area contributed by atoms with Crippen molar-refractivity contribution in [3.8, 4) is 5.75 Å². The lowest BCUT2D eigenvalue weighted by Gasteiger charge is -2.24. The summed E-state index contributed by atoms with van der Waals surface area (Å²) in [6.07, 6.45) is 2.48. The van der Waals surface area contributed by atoms with Crippen molar-refractivity contribution >= 4 is 16.6 Å². The Balaban J connectivity index is 2.23. The molecule has 0 aliphatic heterocycles. The van der Waals surface area contributed by atoms with E-state index < -0.39 is 0 Å². The molecule has 1 aromatic heterocycles. The maximum atomic E-state index is 9.58. The first kappa shape index (κ1) is 13.6. The molecule has 0 spiro atoms. The number of nitrogens with one attached hydrogen (secondary N) is 1. The number of aromatic nitrogens is 1. The van der Waals surface area contributed by atoms with E-state index in [0.29, 0.717) is 0 Å². The fraction of sp³-hybridized carbons (Fsp3) is 0.400. The number of aromatic hydroxyl groups is 1. The van der Waals surface area contributed by atoms with E-state index in [4.69, 9.17) is 5.11 Å². The van der Waals surface area contributed by atoms with E-state index in [0.717, 1.165) is 29.6 Å². The van der Waals surface area contributed by atoms with Gasteiger partial charge < -0.3 is 15.5 Å². The molecule has 2 rings (SSSR count). The molecule has 0 radical (unpaired) electrons. The molecule has 0 saturated heterocycles. The minimum absolute atomic E-state index is 0.00454. The third-order valence-corrected chi connectivity index (χ3v) is 3.27. The van der Waals surface area contributed by atoms with Crippen LogP contribution in [0.1, 0.15) is 20.3 Å². The molecule has 0 unspecified atom stereocenters. The highest BCUT2D eigenvalue weighted by Crippen LogP contribution is 2.27. The zero-order valence-electron chi connectivity index (χ0n) is 11.3. The zero-order valence-corrected chi connectivity index (χ0v) is 11.3. The Morgan fingerprint density at radius 3 is 2.79 bits per heavy atom. The Morgan fingerprint density at radius 2 is 2.05 bits per heavy atom. The molecule has 0 bridgehead atoms. The van der Waals surface area contributed by atoms with Crippen LogP contribution in [0.15, 0.2) is 30.5 Å². The van der Waals surface area contributed by atoms with Crippen LogP contribution in [0.25, 0.3) is 10.8 Å². The minimum Gasteiger partial charge on any atom is -0.508 e. The number of phenolic OH excluding ortho intramolecular Hbond substituents is 1. The van der Waals surface area contributed by atoms with E-state index >= 15 is 0 Å². The van der Waals surface area contributed by atoms with Gasteiger partial charge in [0.1, 0.15) is 11.6 Å². The molecular weight excluding hydrogens is 240 g/mol. The minimum atomic E-state index is -0.00454. The second kappa shape index (κ2) is 5.45. The van der Waals surface area contributed by atoms with Crippen LogP contribution in [-0.2, 0) is 0 Å². The van der Waals surface area contributed by atoms with E-state index in [2.05, 4.69) is 24.1 Å². The van der Waals surface area contributed by atoms with Crippen molar-refractivity contribution in [2.45, 2.75) is 20.3 Å². The van der Waals surface area contributed by atoms with Crippen LogP contribution in [0.4, 0.5) is 5.82 Å². The van der Waals surface area contributed by atoms with Gasteiger partial charge in [0.05, 0.1) is 0 Å². The number of fused-ring (bicyclic) bond motifs is 1. The summed E-state index contributed by atoms with van der Waals surface area (Å²) in [5.74, 6) is 0.998. The van der Waals surface area contributed by atoms with Crippen LogP contribution >= 0.6 is 0 Å². The van der Waals surface area contributed by atoms with Crippen molar-refractivity contribution in [1.82, 2.24) is 4.98 Å². The molecule has 2 aromatic rings. The number of aliphatic hydroxyl groups excluding tert-OH is 1. The largest absolute Gasteiger partial charge is 0.508 e. The van der Waals surface area contributed by atoms with Gasteiger partial charge >= 0.3 is 0 Å². The average molecular weight is 260 g/mol. The van der Waals surface area contributed by atoms with Gasteiger partial charge in [0.15, 0.2) is 0 Å². The Bertz CT molecular complexity index is 567. The summed E-state index contributed by atoms with van der Waals surface area (Å²) in [4.78, 5) is 4.33. The number of aliphatic hydroxyl groups is 1. The lowest BCUT2D eigenvalue weighted by molar-refractivity contribution is 0.220. The molecule has 0 aliphatic carbocycles. The van der Waals surface area contributed by atoms with Crippen molar-refractivity contribution < 1.29 is 10.2 Å². The molecule has 0 saturated carbocycles. The summed E-state index contributed by atoms with van der Waals surface area (Å²) in [6.45, 7) is 5.09. The molecule has 0 aliphatic rings. The molecule has 19 heavy (non-hydrogen) atoms. The molecule has 0 fully saturated rings. The average Bonchev–Trinajstić information content (AvgIpc) is 2.36. The second-order valence-electron chi connectivity index (χ2n) is 5.56. The standard InChI is InChI=1S/C15H20N2O2/c1-15(2,6-8-18)10-17-14-13-9-12(19)4-3-11(13)5-7-16-14/h3-5,7,9,18-19H,6,8,10H2,1-2H3,(H,16,17). The number of pyridine rings is 1. The molecule has 102 valence electrons. The number of hydrogen-bond acceptors (Lipinski definition) is 4. The van der Waals surface area contributed by atoms with Gasteiger partial charge in [-0.15, -0.1) is 0 Å². The first-order chi connectivity index (χ1) is 9.02. The quantitative estimate of drug-likeness (QED) is 0.773. The second-order valence-corrected chi connectivity index (χ2v) is 5.56. The normalized spacial score (nSPS) is 11.7. The van der Waals surface area contributed by atoms with Crippen LogP contribution in [0.5, 0.6) is 5.75 Å². The van der Waals surface area contributed by atoms with Crippen LogP contribution in [0, 0.1) is 5.41 Å². The lowest BCUT2D eigenvalue weighted by atomic mass is 9.90. The van der Waals surface area contributed by atoms with Crippen molar-refractivity contribution in [2.24, 2.45) is 5.41 Å². The Morgan fingerprint density at radius 1 is 1.26 bits per heavy atom. The molecule has 1 heterocycles. The Kier molecular flexibility index (Phi) is 3.90. The van der Waals surface area contributed by atoms with Crippen LogP contribution in [-0.4, -0.2) is 28.3 Å². The summed E-state index contributed by atoms with van der Waals surface area (Å²) in [5.41, 5.74) is -0.00454. The van der Waals surface area contributed by atoms with E-state index in [1.807, 2.05) is 12.1 Å². The van der Waals surface area contributed by atoms with Gasteiger partial charge in [-0.05, 0) is 35.4 Å². The molecular formula is C15H20N2O2. The summed E-state index contributed by atoms with van der Waals surface area (Å²) >= 11 is 0. The summed E-state index contributed by atoms with van der Waals surface area (Å²) in [5, 5.41) is 23.9. The maximum Gasteiger partial charge on any atom is 0.133 e. The van der Waals surface area contributed by atoms with Crippen LogP contribution < -0.4 is 5.32 Å². The molecule has 4 nitrogen and oxygen atoms in total. The highest BCUT2D eigenvalue weighted by molar-refractivity contribution is 5.92. The lowest BCUT2D eigenvalue weighted by Crippen LogP contribution is -2.24. The summed E-state index contributed by atoms with van der Waals surface area (Å²) in [6, 6.07) is 7.17. The summed E-state index contributed by atoms with van der Waals surface area (Å²) < 4.78 is 0. The van der Waals surface area contributed by atoms with Gasteiger partial charge in [-0.2, -0.15) is 0 Å². The van der Waals surface area contributed by atoms with E-state index in [1.54, 1.807) is 18.3 Å². The highest BCUT2D eigenvalue weighted by atomic mass is 16.3. The third-order valence-electron chi connectivity index (χ3n) is 3.27. The smallest absolute Gasteiger partial charge is 0.133 e. The van der Waals surface area contributed by atoms with Gasteiger partial charge in [0.25, 0.3) is 0 Å². The van der Waals surface area contributed by atoms with Crippen molar-refractivity contribution in [1.29, 1.82) is 0 Å². The number of phenols is 1. The van der Waals surface area contributed by atoms with Gasteiger partial charge in [0.2, 0.25) is 0 Å². The van der Waals surface area contributed by atoms with E-state index in [9.17, 15) is 5.11 Å². The molecule has 4 heteroatoms. The van der Waals surface area contributed by atoms with Gasteiger partial charge in [-0.3, -0.25) is 0 Å². The predicted octanol–water partition coefficient (Wildman–Crippen LogP) is 2.76. The molecule has 0 atom stereocenters. The zero-order chi connectivity index (χ0) is 13.9. The molecule has 3 N–H and O–H groups in total. The van der Waals surface area contributed by atoms with Gasteiger partial charge in [-0.25, -0.2) is 4.98 Å². The molecule has 0 amide bonds. The summed E-state index contributed by atoms with van der Waals surface area (Å²) in [7, 11) is 0. The van der Waals surface area contributed by atoms with Crippen molar-refractivity contribution in [3.05, 3.63) is 30.5 Å². The number of rotatable bonds is 5.